The van der Waals surface area contributed by atoms with Gasteiger partial charge in [0.25, 0.3) is 0 Å². The van der Waals surface area contributed by atoms with Crippen LogP contribution in [0.25, 0.3) is 10.8 Å². The molecule has 0 heterocycles. The van der Waals surface area contributed by atoms with Crippen LogP contribution < -0.4 is 4.74 Å². The molecule has 0 saturated heterocycles. The van der Waals surface area contributed by atoms with Gasteiger partial charge in [-0.15, -0.1) is 0 Å². The number of rotatable bonds is 7. The maximum Gasteiger partial charge on any atom is 0.310 e. The van der Waals surface area contributed by atoms with Gasteiger partial charge in [0.15, 0.2) is 0 Å². The molecule has 5 heteroatoms. The number of fused-ring (bicyclic) bond motifs is 1. The summed E-state index contributed by atoms with van der Waals surface area (Å²) in [5.41, 5.74) is 0.815. The van der Waals surface area contributed by atoms with Crippen LogP contribution in [0.5, 0.6) is 5.75 Å². The Bertz CT molecular complexity index is 708. The van der Waals surface area contributed by atoms with Crippen LogP contribution in [0.1, 0.15) is 51.0 Å². The predicted octanol–water partition coefficient (Wildman–Crippen LogP) is 4.69. The van der Waals surface area contributed by atoms with Crippen molar-refractivity contribution in [3.05, 3.63) is 42.0 Å². The lowest BCUT2D eigenvalue weighted by Crippen LogP contribution is -2.06. The number of carboxylic acid groups (broad SMARTS) is 2. The number of unbranched alkanes of at least 4 members (excludes halogenated alkanes) is 2. The lowest BCUT2D eigenvalue weighted by atomic mass is 9.98. The van der Waals surface area contributed by atoms with Gasteiger partial charge in [-0.2, -0.15) is 0 Å². The summed E-state index contributed by atoms with van der Waals surface area (Å²) in [6.07, 6.45) is 3.28. The second-order valence-corrected chi connectivity index (χ2v) is 5.88. The summed E-state index contributed by atoms with van der Waals surface area (Å²) in [6, 6.07) is 11.4. The van der Waals surface area contributed by atoms with E-state index in [2.05, 4.69) is 6.92 Å². The van der Waals surface area contributed by atoms with Crippen LogP contribution in [-0.2, 0) is 9.59 Å². The topological polar surface area (TPSA) is 83.8 Å². The zero-order valence-electron chi connectivity index (χ0n) is 15.0. The molecule has 0 aliphatic rings. The summed E-state index contributed by atoms with van der Waals surface area (Å²) in [5, 5.41) is 19.2. The van der Waals surface area contributed by atoms with E-state index in [-0.39, 0.29) is 0 Å². The van der Waals surface area contributed by atoms with E-state index in [4.69, 9.17) is 14.9 Å². The molecule has 0 bridgehead atoms. The van der Waals surface area contributed by atoms with Crippen LogP contribution in [0.15, 0.2) is 36.4 Å². The van der Waals surface area contributed by atoms with Crippen molar-refractivity contribution in [3.63, 3.8) is 0 Å². The monoisotopic (exact) mass is 346 g/mol. The molecule has 0 unspecified atom stereocenters. The highest BCUT2D eigenvalue weighted by atomic mass is 16.5. The fourth-order valence-electron chi connectivity index (χ4n) is 2.31. The SMILES string of the molecule is CCCCCC(=O)O.COc1ccc2cc([C@H](C)C(=O)O)ccc2c1. The Morgan fingerprint density at radius 1 is 1.04 bits per heavy atom. The first kappa shape index (κ1) is 20.5. The molecule has 5 nitrogen and oxygen atoms in total. The Labute approximate surface area is 148 Å². The first-order valence-electron chi connectivity index (χ1n) is 8.41. The summed E-state index contributed by atoms with van der Waals surface area (Å²) < 4.78 is 5.14. The first-order valence-corrected chi connectivity index (χ1v) is 8.41. The molecule has 0 aliphatic carbocycles. The first-order chi connectivity index (χ1) is 11.9. The van der Waals surface area contributed by atoms with Crippen molar-refractivity contribution in [2.45, 2.75) is 45.4 Å². The summed E-state index contributed by atoms with van der Waals surface area (Å²) in [5.74, 6) is -1.17. The fraction of sp³-hybridized carbons (Fsp3) is 0.400. The molecule has 2 aromatic carbocycles. The van der Waals surface area contributed by atoms with Gasteiger partial charge < -0.3 is 14.9 Å². The Hall–Kier alpha value is -2.56. The highest BCUT2D eigenvalue weighted by Crippen LogP contribution is 2.25. The zero-order valence-corrected chi connectivity index (χ0v) is 15.0. The van der Waals surface area contributed by atoms with Crippen molar-refractivity contribution in [2.75, 3.05) is 7.11 Å². The van der Waals surface area contributed by atoms with E-state index < -0.39 is 17.9 Å². The molecular formula is C20H26O5. The molecule has 0 saturated carbocycles. The fourth-order valence-corrected chi connectivity index (χ4v) is 2.31. The molecule has 0 spiro atoms. The van der Waals surface area contributed by atoms with Crippen molar-refractivity contribution in [2.24, 2.45) is 0 Å². The number of carboxylic acids is 2. The smallest absolute Gasteiger partial charge is 0.310 e. The van der Waals surface area contributed by atoms with Crippen LogP contribution in [0.3, 0.4) is 0 Å². The van der Waals surface area contributed by atoms with Crippen molar-refractivity contribution in [1.29, 1.82) is 0 Å². The van der Waals surface area contributed by atoms with E-state index in [0.717, 1.165) is 41.3 Å². The second kappa shape index (κ2) is 10.3. The molecule has 0 amide bonds. The van der Waals surface area contributed by atoms with Gasteiger partial charge in [-0.1, -0.05) is 44.0 Å². The minimum atomic E-state index is -0.808. The summed E-state index contributed by atoms with van der Waals surface area (Å²) in [7, 11) is 1.63. The molecule has 2 N–H and O–H groups in total. The lowest BCUT2D eigenvalue weighted by Gasteiger charge is -2.08. The molecule has 0 radical (unpaired) electrons. The maximum absolute atomic E-state index is 10.9. The van der Waals surface area contributed by atoms with Crippen LogP contribution in [0, 0.1) is 0 Å². The van der Waals surface area contributed by atoms with Gasteiger partial charge in [0.1, 0.15) is 5.75 Å². The molecule has 0 aromatic heterocycles. The Morgan fingerprint density at radius 2 is 1.68 bits per heavy atom. The number of methoxy groups -OCH3 is 1. The van der Waals surface area contributed by atoms with Crippen LogP contribution in [0.4, 0.5) is 0 Å². The molecule has 0 aliphatic heterocycles. The molecule has 1 atom stereocenters. The lowest BCUT2D eigenvalue weighted by molar-refractivity contribution is -0.138. The minimum Gasteiger partial charge on any atom is -0.497 e. The van der Waals surface area contributed by atoms with Gasteiger partial charge >= 0.3 is 11.9 Å². The third-order valence-electron chi connectivity index (χ3n) is 3.94. The normalized spacial score (nSPS) is 11.3. The van der Waals surface area contributed by atoms with E-state index in [1.807, 2.05) is 36.4 Å². The van der Waals surface area contributed by atoms with E-state index in [0.29, 0.717) is 6.42 Å². The summed E-state index contributed by atoms with van der Waals surface area (Å²) >= 11 is 0. The largest absolute Gasteiger partial charge is 0.497 e. The van der Waals surface area contributed by atoms with Crippen molar-refractivity contribution >= 4 is 22.7 Å². The van der Waals surface area contributed by atoms with Crippen molar-refractivity contribution in [3.8, 4) is 5.75 Å². The van der Waals surface area contributed by atoms with Crippen LogP contribution in [-0.4, -0.2) is 29.3 Å². The van der Waals surface area contributed by atoms with Crippen molar-refractivity contribution < 1.29 is 24.5 Å². The molecule has 136 valence electrons. The predicted molar refractivity (Wildman–Crippen MR) is 98.3 cm³/mol. The summed E-state index contributed by atoms with van der Waals surface area (Å²) in [6.45, 7) is 3.74. The number of benzene rings is 2. The number of ether oxygens (including phenoxy) is 1. The van der Waals surface area contributed by atoms with Crippen LogP contribution in [0.2, 0.25) is 0 Å². The van der Waals surface area contributed by atoms with Gasteiger partial charge in [0, 0.05) is 6.42 Å². The van der Waals surface area contributed by atoms with Crippen LogP contribution >= 0.6 is 0 Å². The van der Waals surface area contributed by atoms with Gasteiger partial charge in [0.05, 0.1) is 13.0 Å². The molecular weight excluding hydrogens is 320 g/mol. The van der Waals surface area contributed by atoms with Gasteiger partial charge in [0.2, 0.25) is 0 Å². The molecule has 0 fully saturated rings. The second-order valence-electron chi connectivity index (χ2n) is 5.88. The van der Waals surface area contributed by atoms with E-state index in [9.17, 15) is 9.59 Å². The Balaban J connectivity index is 0.000000333. The number of carbonyl (C=O) groups is 2. The number of hydrogen-bond acceptors (Lipinski definition) is 3. The molecule has 2 aromatic rings. The van der Waals surface area contributed by atoms with Crippen molar-refractivity contribution in [1.82, 2.24) is 0 Å². The Morgan fingerprint density at radius 3 is 2.24 bits per heavy atom. The van der Waals surface area contributed by atoms with Gasteiger partial charge in [-0.3, -0.25) is 9.59 Å². The highest BCUT2D eigenvalue weighted by molar-refractivity contribution is 5.86. The zero-order chi connectivity index (χ0) is 18.8. The maximum atomic E-state index is 10.9. The van der Waals surface area contributed by atoms with E-state index >= 15 is 0 Å². The molecule has 25 heavy (non-hydrogen) atoms. The number of aliphatic carboxylic acids is 2. The van der Waals surface area contributed by atoms with Gasteiger partial charge in [-0.25, -0.2) is 0 Å². The summed E-state index contributed by atoms with van der Waals surface area (Å²) in [4.78, 5) is 20.8. The third-order valence-corrected chi connectivity index (χ3v) is 3.94. The highest BCUT2D eigenvalue weighted by Gasteiger charge is 2.13. The van der Waals surface area contributed by atoms with E-state index in [1.165, 1.54) is 0 Å². The quantitative estimate of drug-likeness (QED) is 0.711. The van der Waals surface area contributed by atoms with E-state index in [1.54, 1.807) is 14.0 Å². The molecule has 2 rings (SSSR count). The van der Waals surface area contributed by atoms with Gasteiger partial charge in [-0.05, 0) is 41.8 Å². The average molecular weight is 346 g/mol. The third kappa shape index (κ3) is 6.83. The minimum absolute atomic E-state index is 0.327. The number of hydrogen-bond donors (Lipinski definition) is 2. The Kier molecular flexibility index (Phi) is 8.47. The average Bonchev–Trinajstić information content (AvgIpc) is 2.60. The standard InChI is InChI=1S/C14H14O3.C6H12O2/c1-9(14(15)16)10-3-4-12-8-13(17-2)6-5-11(12)7-10;1-2-3-4-5-6(7)8/h3-9H,1-2H3,(H,15,16);2-5H2,1H3,(H,7,8)/t9-;/m0./s1.